The Kier molecular flexibility index (Phi) is 8.05. The van der Waals surface area contributed by atoms with Crippen molar-refractivity contribution >= 4 is 17.8 Å². The minimum atomic E-state index is -1.13. The second-order valence-electron chi connectivity index (χ2n) is 6.75. The van der Waals surface area contributed by atoms with E-state index < -0.39 is 35.9 Å². The second-order valence-corrected chi connectivity index (χ2v) is 6.75. The highest BCUT2D eigenvalue weighted by Crippen LogP contribution is 2.12. The summed E-state index contributed by atoms with van der Waals surface area (Å²) in [6.45, 7) is 5.20. The molecule has 6 N–H and O–H groups in total. The zero-order valence-electron chi connectivity index (χ0n) is 15.2. The lowest BCUT2D eigenvalue weighted by atomic mass is 10.0. The number of rotatable bonds is 9. The molecule has 0 heterocycles. The van der Waals surface area contributed by atoms with E-state index in [0.29, 0.717) is 5.56 Å². The summed E-state index contributed by atoms with van der Waals surface area (Å²) in [4.78, 5) is 35.9. The first kappa shape index (κ1) is 21.4. The number of benzene rings is 1. The maximum absolute atomic E-state index is 12.6. The minimum Gasteiger partial charge on any atom is -0.508 e. The van der Waals surface area contributed by atoms with Crippen LogP contribution in [0.5, 0.6) is 5.75 Å². The zero-order valence-corrected chi connectivity index (χ0v) is 15.2. The number of carboxylic acid groups (broad SMARTS) is 1. The van der Waals surface area contributed by atoms with Crippen molar-refractivity contribution < 1.29 is 24.6 Å². The number of aromatic hydroxyl groups is 1. The molecule has 2 amide bonds. The number of hydrogen-bond acceptors (Lipinski definition) is 5. The van der Waals surface area contributed by atoms with Gasteiger partial charge in [0.15, 0.2) is 0 Å². The third-order valence-corrected chi connectivity index (χ3v) is 3.74. The van der Waals surface area contributed by atoms with Crippen LogP contribution in [0.2, 0.25) is 0 Å². The van der Waals surface area contributed by atoms with Crippen molar-refractivity contribution in [3.63, 3.8) is 0 Å². The largest absolute Gasteiger partial charge is 0.508 e. The molecule has 1 aromatic carbocycles. The van der Waals surface area contributed by atoms with Gasteiger partial charge in [-0.3, -0.25) is 9.59 Å². The van der Waals surface area contributed by atoms with Crippen LogP contribution in [0.4, 0.5) is 0 Å². The molecule has 1 aromatic rings. The van der Waals surface area contributed by atoms with Crippen LogP contribution in [0.15, 0.2) is 24.3 Å². The van der Waals surface area contributed by atoms with Crippen LogP contribution in [0.1, 0.15) is 32.8 Å². The SMILES string of the molecule is CC(C)C[C@H](NC(=O)[C@H](Cc1ccc(O)cc1)NC(=O)[C@H](C)N)C(=O)O. The highest BCUT2D eigenvalue weighted by atomic mass is 16.4. The number of phenols is 1. The molecule has 1 rings (SSSR count). The van der Waals surface area contributed by atoms with Gasteiger partial charge in [-0.15, -0.1) is 0 Å². The first-order valence-electron chi connectivity index (χ1n) is 8.47. The van der Waals surface area contributed by atoms with Crippen molar-refractivity contribution in [3.8, 4) is 5.75 Å². The minimum absolute atomic E-state index is 0.0746. The summed E-state index contributed by atoms with van der Waals surface area (Å²) in [5, 5.41) is 23.7. The lowest BCUT2D eigenvalue weighted by Crippen LogP contribution is -2.55. The smallest absolute Gasteiger partial charge is 0.326 e. The van der Waals surface area contributed by atoms with Gasteiger partial charge in [-0.1, -0.05) is 26.0 Å². The van der Waals surface area contributed by atoms with E-state index >= 15 is 0 Å². The van der Waals surface area contributed by atoms with Gasteiger partial charge in [0.1, 0.15) is 17.8 Å². The number of amides is 2. The van der Waals surface area contributed by atoms with E-state index in [4.69, 9.17) is 5.73 Å². The lowest BCUT2D eigenvalue weighted by molar-refractivity contribution is -0.142. The molecule has 3 atom stereocenters. The monoisotopic (exact) mass is 365 g/mol. The van der Waals surface area contributed by atoms with Gasteiger partial charge < -0.3 is 26.6 Å². The normalized spacial score (nSPS) is 14.3. The lowest BCUT2D eigenvalue weighted by Gasteiger charge is -2.23. The Hall–Kier alpha value is -2.61. The highest BCUT2D eigenvalue weighted by molar-refractivity contribution is 5.91. The van der Waals surface area contributed by atoms with Gasteiger partial charge in [-0.25, -0.2) is 4.79 Å². The average molecular weight is 365 g/mol. The van der Waals surface area contributed by atoms with E-state index in [-0.39, 0.29) is 24.5 Å². The summed E-state index contributed by atoms with van der Waals surface area (Å²) >= 11 is 0. The Labute approximate surface area is 152 Å². The molecule has 0 aliphatic rings. The third kappa shape index (κ3) is 7.10. The number of carboxylic acids is 1. The first-order chi connectivity index (χ1) is 12.1. The summed E-state index contributed by atoms with van der Waals surface area (Å²) < 4.78 is 0. The van der Waals surface area contributed by atoms with Gasteiger partial charge in [0.05, 0.1) is 6.04 Å². The number of carbonyl (C=O) groups is 3. The Bertz CT molecular complexity index is 628. The fourth-order valence-electron chi connectivity index (χ4n) is 2.35. The van der Waals surface area contributed by atoms with Crippen molar-refractivity contribution in [1.82, 2.24) is 10.6 Å². The van der Waals surface area contributed by atoms with Crippen LogP contribution in [0, 0.1) is 5.92 Å². The Morgan fingerprint density at radius 2 is 1.54 bits per heavy atom. The summed E-state index contributed by atoms with van der Waals surface area (Å²) in [7, 11) is 0. The van der Waals surface area contributed by atoms with Gasteiger partial charge in [0.2, 0.25) is 11.8 Å². The summed E-state index contributed by atoms with van der Waals surface area (Å²) in [6.07, 6.45) is 0.410. The number of aliphatic carboxylic acids is 1. The van der Waals surface area contributed by atoms with Gasteiger partial charge >= 0.3 is 5.97 Å². The highest BCUT2D eigenvalue weighted by Gasteiger charge is 2.27. The molecule has 0 unspecified atom stereocenters. The van der Waals surface area contributed by atoms with Crippen LogP contribution in [-0.2, 0) is 20.8 Å². The molecule has 0 aliphatic heterocycles. The number of hydrogen-bond donors (Lipinski definition) is 5. The van der Waals surface area contributed by atoms with Crippen molar-refractivity contribution in [2.24, 2.45) is 11.7 Å². The predicted octanol–water partition coefficient (Wildman–Crippen LogP) is 0.382. The molecule has 26 heavy (non-hydrogen) atoms. The third-order valence-electron chi connectivity index (χ3n) is 3.74. The molecule has 0 aliphatic carbocycles. The molecule has 0 spiro atoms. The van der Waals surface area contributed by atoms with Gasteiger partial charge in [0, 0.05) is 6.42 Å². The van der Waals surface area contributed by atoms with E-state index in [1.165, 1.54) is 19.1 Å². The zero-order chi connectivity index (χ0) is 19.9. The molecule has 0 saturated heterocycles. The molecule has 8 heteroatoms. The van der Waals surface area contributed by atoms with Gasteiger partial charge in [-0.05, 0) is 37.0 Å². The Balaban J connectivity index is 2.94. The quantitative estimate of drug-likeness (QED) is 0.428. The molecule has 0 bridgehead atoms. The fraction of sp³-hybridized carbons (Fsp3) is 0.500. The Morgan fingerprint density at radius 3 is 2.00 bits per heavy atom. The number of nitrogens with two attached hydrogens (primary N) is 1. The van der Waals surface area contributed by atoms with E-state index in [0.717, 1.165) is 0 Å². The number of phenolic OH excluding ortho intramolecular Hbond substituents is 1. The summed E-state index contributed by atoms with van der Waals surface area (Å²) in [5.74, 6) is -2.09. The molecule has 0 saturated carbocycles. The summed E-state index contributed by atoms with van der Waals surface area (Å²) in [5.41, 5.74) is 6.24. The van der Waals surface area contributed by atoms with E-state index in [2.05, 4.69) is 10.6 Å². The standard InChI is InChI=1S/C18H27N3O5/c1-10(2)8-15(18(25)26)21-17(24)14(20-16(23)11(3)19)9-12-4-6-13(22)7-5-12/h4-7,10-11,14-15,22H,8-9,19H2,1-3H3,(H,20,23)(H,21,24)(H,25,26)/t11-,14-,15-/m0/s1. The van der Waals surface area contributed by atoms with Crippen LogP contribution >= 0.6 is 0 Å². The van der Waals surface area contributed by atoms with Crippen molar-refractivity contribution in [2.45, 2.75) is 51.7 Å². The Morgan fingerprint density at radius 1 is 1.00 bits per heavy atom. The second kappa shape index (κ2) is 9.76. The van der Waals surface area contributed by atoms with Crippen LogP contribution < -0.4 is 16.4 Å². The molecular formula is C18H27N3O5. The van der Waals surface area contributed by atoms with E-state index in [9.17, 15) is 24.6 Å². The topological polar surface area (TPSA) is 142 Å². The fourth-order valence-corrected chi connectivity index (χ4v) is 2.35. The van der Waals surface area contributed by atoms with Crippen LogP contribution in [0.25, 0.3) is 0 Å². The molecule has 0 radical (unpaired) electrons. The van der Waals surface area contributed by atoms with Crippen molar-refractivity contribution in [2.75, 3.05) is 0 Å². The van der Waals surface area contributed by atoms with Crippen LogP contribution in [0.3, 0.4) is 0 Å². The van der Waals surface area contributed by atoms with Crippen molar-refractivity contribution in [1.29, 1.82) is 0 Å². The van der Waals surface area contributed by atoms with E-state index in [1.807, 2.05) is 13.8 Å². The molecule has 144 valence electrons. The molecule has 0 aromatic heterocycles. The maximum Gasteiger partial charge on any atom is 0.326 e. The van der Waals surface area contributed by atoms with Crippen LogP contribution in [-0.4, -0.2) is 46.1 Å². The molecule has 0 fully saturated rings. The predicted molar refractivity (Wildman–Crippen MR) is 96.4 cm³/mol. The number of carbonyl (C=O) groups excluding carboxylic acids is 2. The van der Waals surface area contributed by atoms with Crippen molar-refractivity contribution in [3.05, 3.63) is 29.8 Å². The summed E-state index contributed by atoms with van der Waals surface area (Å²) in [6, 6.07) is 3.35. The van der Waals surface area contributed by atoms with E-state index in [1.54, 1.807) is 12.1 Å². The maximum atomic E-state index is 12.6. The number of nitrogens with one attached hydrogen (secondary N) is 2. The molecular weight excluding hydrogens is 338 g/mol. The average Bonchev–Trinajstić information content (AvgIpc) is 2.54. The molecule has 8 nitrogen and oxygen atoms in total. The first-order valence-corrected chi connectivity index (χ1v) is 8.47. The van der Waals surface area contributed by atoms with Gasteiger partial charge in [0.25, 0.3) is 0 Å². The van der Waals surface area contributed by atoms with Gasteiger partial charge in [-0.2, -0.15) is 0 Å².